The van der Waals surface area contributed by atoms with Crippen molar-refractivity contribution in [3.05, 3.63) is 12.2 Å². The summed E-state index contributed by atoms with van der Waals surface area (Å²) in [5, 5.41) is 12.3. The summed E-state index contributed by atoms with van der Waals surface area (Å²) < 4.78 is 0. The third-order valence-corrected chi connectivity index (χ3v) is 5.41. The highest BCUT2D eigenvalue weighted by molar-refractivity contribution is 5.86. The smallest absolute Gasteiger partial charge is 0.145 e. The fourth-order valence-electron chi connectivity index (χ4n) is 5.02. The lowest BCUT2D eigenvalue weighted by Gasteiger charge is -2.59. The fraction of sp³-hybridized carbons (Fsp3) is 0.786. The lowest BCUT2D eigenvalue weighted by atomic mass is 9.46. The van der Waals surface area contributed by atoms with E-state index in [9.17, 15) is 0 Å². The van der Waals surface area contributed by atoms with Crippen molar-refractivity contribution in [1.29, 1.82) is 0 Å². The Kier molecular flexibility index (Phi) is 2.46. The van der Waals surface area contributed by atoms with Crippen molar-refractivity contribution in [2.45, 2.75) is 39.0 Å². The minimum atomic E-state index is 0.0311. The summed E-state index contributed by atoms with van der Waals surface area (Å²) in [6.07, 6.45) is 10.7. The average Bonchev–Trinajstić information content (AvgIpc) is 2.32. The molecule has 0 aromatic rings. The molecule has 0 radical (unpaired) electrons. The standard InChI is InChI=1S/C14H22N2O/c1-2-3-12-10-4-9-5-11(12)8-14(6-9,7-10)13(15)16-17/h2-3,9-12,17H,4-8H2,1H3,(H2,15,16)/b3-2-. The van der Waals surface area contributed by atoms with Crippen LogP contribution < -0.4 is 5.73 Å². The fourth-order valence-corrected chi connectivity index (χ4v) is 5.02. The second-order valence-electron chi connectivity index (χ2n) is 6.34. The van der Waals surface area contributed by atoms with Crippen LogP contribution in [0.3, 0.4) is 0 Å². The Labute approximate surface area is 103 Å². The Hall–Kier alpha value is -0.990. The molecule has 0 aliphatic heterocycles. The zero-order chi connectivity index (χ0) is 12.0. The summed E-state index contributed by atoms with van der Waals surface area (Å²) in [5.41, 5.74) is 6.00. The molecule has 4 aliphatic carbocycles. The molecule has 0 amide bonds. The van der Waals surface area contributed by atoms with E-state index in [0.717, 1.165) is 42.9 Å². The van der Waals surface area contributed by atoms with Crippen molar-refractivity contribution in [3.63, 3.8) is 0 Å². The van der Waals surface area contributed by atoms with Crippen molar-refractivity contribution >= 4 is 5.84 Å². The highest BCUT2D eigenvalue weighted by Crippen LogP contribution is 2.62. The topological polar surface area (TPSA) is 58.6 Å². The van der Waals surface area contributed by atoms with Gasteiger partial charge < -0.3 is 10.9 Å². The van der Waals surface area contributed by atoms with Crippen LogP contribution in [0, 0.1) is 29.1 Å². The van der Waals surface area contributed by atoms with Crippen molar-refractivity contribution < 1.29 is 5.21 Å². The first-order valence-corrected chi connectivity index (χ1v) is 6.79. The second-order valence-corrected chi connectivity index (χ2v) is 6.34. The number of rotatable bonds is 2. The number of oxime groups is 1. The van der Waals surface area contributed by atoms with Gasteiger partial charge in [0.15, 0.2) is 0 Å². The van der Waals surface area contributed by atoms with E-state index in [-0.39, 0.29) is 5.41 Å². The Balaban J connectivity index is 1.92. The van der Waals surface area contributed by atoms with E-state index in [1.54, 1.807) is 0 Å². The van der Waals surface area contributed by atoms with Crippen LogP contribution in [0.15, 0.2) is 17.3 Å². The Morgan fingerprint density at radius 3 is 2.47 bits per heavy atom. The van der Waals surface area contributed by atoms with E-state index in [4.69, 9.17) is 10.9 Å². The summed E-state index contributed by atoms with van der Waals surface area (Å²) in [5.74, 6) is 3.58. The SMILES string of the molecule is C/C=C\C1C2CC3CC1CC(/C(N)=N/O)(C3)C2. The average molecular weight is 234 g/mol. The summed E-state index contributed by atoms with van der Waals surface area (Å²) in [6.45, 7) is 2.12. The summed E-state index contributed by atoms with van der Waals surface area (Å²) in [7, 11) is 0. The van der Waals surface area contributed by atoms with E-state index in [0.29, 0.717) is 5.84 Å². The van der Waals surface area contributed by atoms with Crippen LogP contribution in [0.5, 0.6) is 0 Å². The van der Waals surface area contributed by atoms with Crippen LogP contribution in [-0.4, -0.2) is 11.0 Å². The first-order chi connectivity index (χ1) is 8.18. The predicted octanol–water partition coefficient (Wildman–Crippen LogP) is 2.75. The minimum absolute atomic E-state index is 0.0311. The molecule has 4 saturated carbocycles. The normalized spacial score (nSPS) is 49.1. The Morgan fingerprint density at radius 1 is 1.29 bits per heavy atom. The molecule has 4 fully saturated rings. The quantitative estimate of drug-likeness (QED) is 0.254. The van der Waals surface area contributed by atoms with Gasteiger partial charge in [0.25, 0.3) is 0 Å². The van der Waals surface area contributed by atoms with Gasteiger partial charge >= 0.3 is 0 Å². The van der Waals surface area contributed by atoms with E-state index >= 15 is 0 Å². The molecule has 0 aromatic carbocycles. The Bertz CT molecular complexity index is 358. The van der Waals surface area contributed by atoms with Crippen LogP contribution in [0.4, 0.5) is 0 Å². The number of allylic oxidation sites excluding steroid dienone is 2. The zero-order valence-electron chi connectivity index (χ0n) is 10.5. The van der Waals surface area contributed by atoms with Crippen LogP contribution in [0.2, 0.25) is 0 Å². The van der Waals surface area contributed by atoms with Gasteiger partial charge in [-0.3, -0.25) is 0 Å². The molecule has 0 spiro atoms. The van der Waals surface area contributed by atoms with Gasteiger partial charge in [0.1, 0.15) is 5.84 Å². The van der Waals surface area contributed by atoms with Gasteiger partial charge in [-0.2, -0.15) is 0 Å². The van der Waals surface area contributed by atoms with Crippen molar-refractivity contribution in [2.75, 3.05) is 0 Å². The minimum Gasteiger partial charge on any atom is -0.409 e. The van der Waals surface area contributed by atoms with Gasteiger partial charge in [-0.25, -0.2) is 0 Å². The third kappa shape index (κ3) is 1.51. The predicted molar refractivity (Wildman–Crippen MR) is 67.7 cm³/mol. The van der Waals surface area contributed by atoms with Gasteiger partial charge in [-0.05, 0) is 62.7 Å². The molecule has 0 saturated heterocycles. The van der Waals surface area contributed by atoms with Gasteiger partial charge in [-0.15, -0.1) is 0 Å². The van der Waals surface area contributed by atoms with E-state index in [2.05, 4.69) is 24.2 Å². The number of hydrogen-bond acceptors (Lipinski definition) is 2. The number of nitrogens with zero attached hydrogens (tertiary/aromatic N) is 1. The van der Waals surface area contributed by atoms with Gasteiger partial charge in [0.05, 0.1) is 0 Å². The summed E-state index contributed by atoms with van der Waals surface area (Å²) >= 11 is 0. The number of amidine groups is 1. The second kappa shape index (κ2) is 3.76. The maximum absolute atomic E-state index is 9.01. The Morgan fingerprint density at radius 2 is 1.94 bits per heavy atom. The molecule has 3 heteroatoms. The van der Waals surface area contributed by atoms with Gasteiger partial charge in [0.2, 0.25) is 0 Å². The summed E-state index contributed by atoms with van der Waals surface area (Å²) in [6, 6.07) is 0. The first kappa shape index (κ1) is 11.1. The van der Waals surface area contributed by atoms with Gasteiger partial charge in [0, 0.05) is 5.41 Å². The number of hydrogen-bond donors (Lipinski definition) is 2. The molecule has 4 rings (SSSR count). The lowest BCUT2D eigenvalue weighted by molar-refractivity contribution is -0.0461. The highest BCUT2D eigenvalue weighted by atomic mass is 16.4. The maximum Gasteiger partial charge on any atom is 0.145 e. The lowest BCUT2D eigenvalue weighted by Crippen LogP contribution is -2.55. The zero-order valence-corrected chi connectivity index (χ0v) is 10.5. The third-order valence-electron chi connectivity index (χ3n) is 5.41. The molecule has 4 bridgehead atoms. The molecule has 3 nitrogen and oxygen atoms in total. The molecule has 2 unspecified atom stereocenters. The monoisotopic (exact) mass is 234 g/mol. The van der Waals surface area contributed by atoms with Crippen molar-refractivity contribution in [2.24, 2.45) is 40.0 Å². The van der Waals surface area contributed by atoms with Crippen LogP contribution in [0.25, 0.3) is 0 Å². The molecule has 94 valence electrons. The van der Waals surface area contributed by atoms with Crippen molar-refractivity contribution in [3.8, 4) is 0 Å². The maximum atomic E-state index is 9.01. The molecular weight excluding hydrogens is 212 g/mol. The van der Waals surface area contributed by atoms with Crippen LogP contribution >= 0.6 is 0 Å². The van der Waals surface area contributed by atoms with Gasteiger partial charge in [-0.1, -0.05) is 17.3 Å². The van der Waals surface area contributed by atoms with E-state index in [1.165, 1.54) is 12.8 Å². The molecule has 2 atom stereocenters. The van der Waals surface area contributed by atoms with E-state index < -0.39 is 0 Å². The van der Waals surface area contributed by atoms with Crippen molar-refractivity contribution in [1.82, 2.24) is 0 Å². The number of nitrogens with two attached hydrogens (primary N) is 1. The molecule has 0 heterocycles. The summed E-state index contributed by atoms with van der Waals surface area (Å²) in [4.78, 5) is 0. The van der Waals surface area contributed by atoms with E-state index in [1.807, 2.05) is 0 Å². The van der Waals surface area contributed by atoms with Crippen LogP contribution in [0.1, 0.15) is 39.0 Å². The highest BCUT2D eigenvalue weighted by Gasteiger charge is 2.56. The molecular formula is C14H22N2O. The largest absolute Gasteiger partial charge is 0.409 e. The molecule has 3 N–H and O–H groups in total. The first-order valence-electron chi connectivity index (χ1n) is 6.79. The molecule has 17 heavy (non-hydrogen) atoms. The van der Waals surface area contributed by atoms with Crippen LogP contribution in [-0.2, 0) is 0 Å². The molecule has 4 aliphatic rings. The molecule has 0 aromatic heterocycles.